The van der Waals surface area contributed by atoms with Gasteiger partial charge in [-0.25, -0.2) is 9.78 Å². The molecule has 0 bridgehead atoms. The molecule has 8 heteroatoms. The number of imide groups is 1. The van der Waals surface area contributed by atoms with Crippen LogP contribution in [0.2, 0.25) is 0 Å². The number of hydrogen-bond acceptors (Lipinski definition) is 5. The smallest absolute Gasteiger partial charge is 0.321 e. The molecule has 0 atom stereocenters. The van der Waals surface area contributed by atoms with Crippen molar-refractivity contribution in [3.63, 3.8) is 0 Å². The first kappa shape index (κ1) is 14.2. The molecule has 1 aromatic carbocycles. The quantitative estimate of drug-likeness (QED) is 0.498. The third-order valence-electron chi connectivity index (χ3n) is 2.41. The summed E-state index contributed by atoms with van der Waals surface area (Å²) in [5.41, 5.74) is 7.92. The van der Waals surface area contributed by atoms with Gasteiger partial charge in [0.2, 0.25) is 5.91 Å². The maximum Gasteiger partial charge on any atom is 0.321 e. The predicted molar refractivity (Wildman–Crippen MR) is 78.4 cm³/mol. The molecule has 0 fully saturated rings. The lowest BCUT2D eigenvalue weighted by atomic mass is 10.3. The first-order valence-corrected chi connectivity index (χ1v) is 7.02. The summed E-state index contributed by atoms with van der Waals surface area (Å²) in [5, 5.41) is 5.32. The van der Waals surface area contributed by atoms with Gasteiger partial charge in [-0.3, -0.25) is 10.1 Å². The Labute approximate surface area is 119 Å². The van der Waals surface area contributed by atoms with Crippen LogP contribution in [0, 0.1) is 0 Å². The Bertz CT molecular complexity index is 640. The van der Waals surface area contributed by atoms with Gasteiger partial charge in [-0.2, -0.15) is 0 Å². The van der Waals surface area contributed by atoms with Crippen LogP contribution >= 0.6 is 11.8 Å². The number of benzene rings is 1. The molecule has 7 nitrogen and oxygen atoms in total. The molecule has 20 heavy (non-hydrogen) atoms. The Morgan fingerprint density at radius 2 is 2.25 bits per heavy atom. The highest BCUT2D eigenvalue weighted by Gasteiger charge is 2.09. The summed E-state index contributed by atoms with van der Waals surface area (Å²) in [6.45, 7) is 2.25. The number of carbonyl (C=O) groups is 2. The molecule has 0 radical (unpaired) electrons. The third kappa shape index (κ3) is 3.64. The fraction of sp³-hybridized carbons (Fsp3) is 0.250. The molecule has 0 saturated heterocycles. The fourth-order valence-corrected chi connectivity index (χ4v) is 2.26. The number of hydrogen-bond donors (Lipinski definition) is 4. The summed E-state index contributed by atoms with van der Waals surface area (Å²) in [5.74, 6) is -0.271. The SMILES string of the molecule is CCNC(=O)NC(=O)CSc1nc2ccc(N)cc2[nH]1. The summed E-state index contributed by atoms with van der Waals surface area (Å²) < 4.78 is 0. The summed E-state index contributed by atoms with van der Waals surface area (Å²) in [7, 11) is 0. The van der Waals surface area contributed by atoms with Gasteiger partial charge in [-0.05, 0) is 25.1 Å². The Balaban J connectivity index is 1.92. The lowest BCUT2D eigenvalue weighted by Gasteiger charge is -2.03. The summed E-state index contributed by atoms with van der Waals surface area (Å²) in [6, 6.07) is 4.86. The molecule has 2 rings (SSSR count). The molecule has 5 N–H and O–H groups in total. The molecule has 106 valence electrons. The number of thioether (sulfide) groups is 1. The maximum absolute atomic E-state index is 11.5. The molecule has 2 aromatic rings. The van der Waals surface area contributed by atoms with E-state index in [1.54, 1.807) is 25.1 Å². The third-order valence-corrected chi connectivity index (χ3v) is 3.29. The van der Waals surface area contributed by atoms with Crippen LogP contribution in [-0.4, -0.2) is 34.2 Å². The number of nitrogens with zero attached hydrogens (tertiary/aromatic N) is 1. The van der Waals surface area contributed by atoms with Gasteiger partial charge in [0, 0.05) is 12.2 Å². The average Bonchev–Trinajstić information content (AvgIpc) is 2.78. The number of nitrogens with two attached hydrogens (primary N) is 1. The highest BCUT2D eigenvalue weighted by atomic mass is 32.2. The van der Waals surface area contributed by atoms with E-state index in [1.807, 2.05) is 0 Å². The van der Waals surface area contributed by atoms with Gasteiger partial charge in [-0.15, -0.1) is 0 Å². The molecule has 0 unspecified atom stereocenters. The van der Waals surface area contributed by atoms with Crippen molar-refractivity contribution in [1.82, 2.24) is 20.6 Å². The monoisotopic (exact) mass is 293 g/mol. The van der Waals surface area contributed by atoms with Gasteiger partial charge in [-0.1, -0.05) is 11.8 Å². The van der Waals surface area contributed by atoms with Gasteiger partial charge in [0.15, 0.2) is 5.16 Å². The van der Waals surface area contributed by atoms with Crippen LogP contribution in [0.4, 0.5) is 10.5 Å². The van der Waals surface area contributed by atoms with Crippen molar-refractivity contribution in [3.05, 3.63) is 18.2 Å². The van der Waals surface area contributed by atoms with Crippen molar-refractivity contribution < 1.29 is 9.59 Å². The number of H-pyrrole nitrogens is 1. The second-order valence-electron chi connectivity index (χ2n) is 4.01. The number of carbonyl (C=O) groups excluding carboxylic acids is 2. The van der Waals surface area contributed by atoms with E-state index in [4.69, 9.17) is 5.73 Å². The summed E-state index contributed by atoms with van der Waals surface area (Å²) in [6.07, 6.45) is 0. The largest absolute Gasteiger partial charge is 0.399 e. The molecule has 0 aliphatic rings. The van der Waals surface area contributed by atoms with E-state index >= 15 is 0 Å². The Morgan fingerprint density at radius 1 is 1.45 bits per heavy atom. The minimum Gasteiger partial charge on any atom is -0.399 e. The van der Waals surface area contributed by atoms with Crippen LogP contribution in [0.5, 0.6) is 0 Å². The number of urea groups is 1. The van der Waals surface area contributed by atoms with E-state index in [0.29, 0.717) is 17.4 Å². The van der Waals surface area contributed by atoms with Crippen molar-refractivity contribution >= 4 is 40.4 Å². The zero-order valence-corrected chi connectivity index (χ0v) is 11.7. The number of nitrogen functional groups attached to an aromatic ring is 1. The number of aromatic nitrogens is 2. The van der Waals surface area contributed by atoms with Crippen molar-refractivity contribution in [3.8, 4) is 0 Å². The number of nitrogens with one attached hydrogen (secondary N) is 3. The zero-order chi connectivity index (χ0) is 14.5. The molecular formula is C12H15N5O2S. The van der Waals surface area contributed by atoms with Crippen LogP contribution in [0.25, 0.3) is 11.0 Å². The molecular weight excluding hydrogens is 278 g/mol. The predicted octanol–water partition coefficient (Wildman–Crippen LogP) is 1.08. The molecule has 3 amide bonds. The highest BCUT2D eigenvalue weighted by molar-refractivity contribution is 7.99. The second-order valence-corrected chi connectivity index (χ2v) is 4.98. The van der Waals surface area contributed by atoms with E-state index in [-0.39, 0.29) is 11.7 Å². The maximum atomic E-state index is 11.5. The lowest BCUT2D eigenvalue weighted by molar-refractivity contribution is -0.117. The first-order valence-electron chi connectivity index (χ1n) is 6.04. The number of rotatable bonds is 4. The molecule has 0 aliphatic carbocycles. The molecule has 0 spiro atoms. The molecule has 0 aliphatic heterocycles. The number of anilines is 1. The minimum atomic E-state index is -0.490. The van der Waals surface area contributed by atoms with Gasteiger partial charge < -0.3 is 16.0 Å². The number of aromatic amines is 1. The highest BCUT2D eigenvalue weighted by Crippen LogP contribution is 2.20. The Morgan fingerprint density at radius 3 is 3.00 bits per heavy atom. The topological polar surface area (TPSA) is 113 Å². The van der Waals surface area contributed by atoms with Crippen molar-refractivity contribution in [2.45, 2.75) is 12.1 Å². The summed E-state index contributed by atoms with van der Waals surface area (Å²) in [4.78, 5) is 30.0. The molecule has 1 aromatic heterocycles. The van der Waals surface area contributed by atoms with Crippen LogP contribution in [-0.2, 0) is 4.79 Å². The number of amides is 3. The van der Waals surface area contributed by atoms with Gasteiger partial charge in [0.25, 0.3) is 0 Å². The zero-order valence-electron chi connectivity index (χ0n) is 10.9. The van der Waals surface area contributed by atoms with E-state index in [9.17, 15) is 9.59 Å². The van der Waals surface area contributed by atoms with E-state index in [0.717, 1.165) is 11.0 Å². The molecule has 0 saturated carbocycles. The van der Waals surface area contributed by atoms with Crippen molar-refractivity contribution in [2.75, 3.05) is 18.0 Å². The van der Waals surface area contributed by atoms with Crippen LogP contribution in [0.1, 0.15) is 6.92 Å². The van der Waals surface area contributed by atoms with Crippen LogP contribution in [0.3, 0.4) is 0 Å². The van der Waals surface area contributed by atoms with Crippen LogP contribution in [0.15, 0.2) is 23.4 Å². The second kappa shape index (κ2) is 6.29. The van der Waals surface area contributed by atoms with E-state index in [2.05, 4.69) is 20.6 Å². The normalized spacial score (nSPS) is 10.4. The van der Waals surface area contributed by atoms with Gasteiger partial charge in [0.1, 0.15) is 0 Å². The van der Waals surface area contributed by atoms with Gasteiger partial charge in [0.05, 0.1) is 16.8 Å². The van der Waals surface area contributed by atoms with Gasteiger partial charge >= 0.3 is 6.03 Å². The van der Waals surface area contributed by atoms with Crippen molar-refractivity contribution in [1.29, 1.82) is 0 Å². The van der Waals surface area contributed by atoms with E-state index in [1.165, 1.54) is 11.8 Å². The molecule has 1 heterocycles. The Hall–Kier alpha value is -2.22. The van der Waals surface area contributed by atoms with Crippen molar-refractivity contribution in [2.24, 2.45) is 0 Å². The average molecular weight is 293 g/mol. The number of imidazole rings is 1. The van der Waals surface area contributed by atoms with Crippen LogP contribution < -0.4 is 16.4 Å². The summed E-state index contributed by atoms with van der Waals surface area (Å²) >= 11 is 1.22. The minimum absolute atomic E-state index is 0.104. The Kier molecular flexibility index (Phi) is 4.46. The van der Waals surface area contributed by atoms with E-state index < -0.39 is 6.03 Å². The number of fused-ring (bicyclic) bond motifs is 1. The first-order chi connectivity index (χ1) is 9.58. The fourth-order valence-electron chi connectivity index (χ4n) is 1.57. The lowest BCUT2D eigenvalue weighted by Crippen LogP contribution is -2.40. The standard InChI is InChI=1S/C12H15N5O2S/c1-2-14-11(19)17-10(18)6-20-12-15-8-4-3-7(13)5-9(8)16-12/h3-5H,2,6,13H2,1H3,(H,15,16)(H2,14,17,18,19).